The van der Waals surface area contributed by atoms with E-state index in [1.165, 1.54) is 18.2 Å². The van der Waals surface area contributed by atoms with E-state index in [1.54, 1.807) is 6.07 Å². The van der Waals surface area contributed by atoms with E-state index in [-0.39, 0.29) is 5.75 Å². The first-order valence-electron chi connectivity index (χ1n) is 7.58. The van der Waals surface area contributed by atoms with Crippen LogP contribution in [0.5, 0.6) is 5.75 Å². The summed E-state index contributed by atoms with van der Waals surface area (Å²) in [7, 11) is 0. The maximum Gasteiger partial charge on any atom is 0.344 e. The van der Waals surface area contributed by atoms with E-state index in [1.807, 2.05) is 18.2 Å². The molecule has 0 aliphatic rings. The van der Waals surface area contributed by atoms with Gasteiger partial charge in [-0.25, -0.2) is 9.18 Å². The highest BCUT2D eigenvalue weighted by Crippen LogP contribution is 2.12. The third-order valence-electron chi connectivity index (χ3n) is 3.14. The van der Waals surface area contributed by atoms with Gasteiger partial charge < -0.3 is 14.8 Å². The van der Waals surface area contributed by atoms with Crippen molar-refractivity contribution in [3.63, 3.8) is 0 Å². The highest BCUT2D eigenvalue weighted by atomic mass is 35.5. The average Bonchev–Trinajstić information content (AvgIpc) is 2.58. The fourth-order valence-corrected chi connectivity index (χ4v) is 2.19. The maximum atomic E-state index is 13.0. The van der Waals surface area contributed by atoms with Crippen LogP contribution in [0.15, 0.2) is 48.5 Å². The van der Waals surface area contributed by atoms with E-state index in [4.69, 9.17) is 21.1 Å². The summed E-state index contributed by atoms with van der Waals surface area (Å²) in [6.07, 6.45) is 0.614. The monoisotopic (exact) mass is 365 g/mol. The zero-order valence-electron chi connectivity index (χ0n) is 13.3. The van der Waals surface area contributed by atoms with Crippen molar-refractivity contribution in [3.05, 3.63) is 64.9 Å². The summed E-state index contributed by atoms with van der Waals surface area (Å²) in [6, 6.07) is 12.7. The van der Waals surface area contributed by atoms with E-state index in [2.05, 4.69) is 5.32 Å². The molecule has 0 saturated heterocycles. The minimum atomic E-state index is -0.714. The highest BCUT2D eigenvalue weighted by Gasteiger charge is 2.08. The molecule has 0 fully saturated rings. The number of esters is 1. The molecule has 132 valence electrons. The van der Waals surface area contributed by atoms with E-state index in [0.29, 0.717) is 18.0 Å². The predicted octanol–water partition coefficient (Wildman–Crippen LogP) is 2.76. The van der Waals surface area contributed by atoms with E-state index in [0.717, 1.165) is 11.6 Å². The third-order valence-corrected chi connectivity index (χ3v) is 3.38. The van der Waals surface area contributed by atoms with Crippen molar-refractivity contribution >= 4 is 23.5 Å². The summed E-state index contributed by atoms with van der Waals surface area (Å²) in [6.45, 7) is -0.406. The summed E-state index contributed by atoms with van der Waals surface area (Å²) in [5, 5.41) is 3.27. The Balaban J connectivity index is 1.61. The Morgan fingerprint density at radius 2 is 1.88 bits per heavy atom. The lowest BCUT2D eigenvalue weighted by molar-refractivity contribution is -0.150. The number of nitrogens with one attached hydrogen (secondary N) is 1. The van der Waals surface area contributed by atoms with Crippen LogP contribution in [0.4, 0.5) is 4.39 Å². The quantitative estimate of drug-likeness (QED) is 0.731. The lowest BCUT2D eigenvalue weighted by Gasteiger charge is -2.08. The van der Waals surface area contributed by atoms with Crippen molar-refractivity contribution in [1.82, 2.24) is 5.32 Å². The van der Waals surface area contributed by atoms with Gasteiger partial charge in [-0.1, -0.05) is 29.8 Å². The van der Waals surface area contributed by atoms with Crippen molar-refractivity contribution in [2.24, 2.45) is 0 Å². The molecular formula is C18H17ClFNO4. The van der Waals surface area contributed by atoms with Crippen molar-refractivity contribution in [3.8, 4) is 5.75 Å². The molecule has 1 amide bonds. The first-order chi connectivity index (χ1) is 12.0. The van der Waals surface area contributed by atoms with Gasteiger partial charge in [0.2, 0.25) is 0 Å². The highest BCUT2D eigenvalue weighted by molar-refractivity contribution is 6.30. The normalized spacial score (nSPS) is 10.2. The van der Waals surface area contributed by atoms with Crippen LogP contribution in [0.1, 0.15) is 5.56 Å². The summed E-state index contributed by atoms with van der Waals surface area (Å²) in [4.78, 5) is 23.1. The van der Waals surface area contributed by atoms with Crippen LogP contribution >= 0.6 is 11.6 Å². The number of hydrogen-bond donors (Lipinski definition) is 1. The minimum absolute atomic E-state index is 0.211. The Kier molecular flexibility index (Phi) is 7.22. The van der Waals surface area contributed by atoms with Crippen molar-refractivity contribution in [1.29, 1.82) is 0 Å². The molecule has 0 heterocycles. The van der Waals surface area contributed by atoms with Gasteiger partial charge in [0.1, 0.15) is 11.6 Å². The average molecular weight is 366 g/mol. The number of carbonyl (C=O) groups excluding carboxylic acids is 2. The predicted molar refractivity (Wildman–Crippen MR) is 91.0 cm³/mol. The Morgan fingerprint density at radius 3 is 2.64 bits per heavy atom. The van der Waals surface area contributed by atoms with Gasteiger partial charge in [-0.05, 0) is 36.2 Å². The molecule has 2 aromatic carbocycles. The van der Waals surface area contributed by atoms with Gasteiger partial charge in [-0.3, -0.25) is 4.79 Å². The zero-order chi connectivity index (χ0) is 18.1. The molecule has 2 rings (SSSR count). The zero-order valence-corrected chi connectivity index (χ0v) is 14.1. The summed E-state index contributed by atoms with van der Waals surface area (Å²) < 4.78 is 22.8. The second kappa shape index (κ2) is 9.64. The largest absolute Gasteiger partial charge is 0.482 e. The fraction of sp³-hybridized carbons (Fsp3) is 0.222. The van der Waals surface area contributed by atoms with Gasteiger partial charge in [-0.15, -0.1) is 0 Å². The molecule has 7 heteroatoms. The maximum absolute atomic E-state index is 13.0. The minimum Gasteiger partial charge on any atom is -0.482 e. The molecule has 1 N–H and O–H groups in total. The molecule has 0 bridgehead atoms. The molecule has 0 saturated carbocycles. The van der Waals surface area contributed by atoms with Gasteiger partial charge in [0, 0.05) is 17.6 Å². The Bertz CT molecular complexity index is 739. The van der Waals surface area contributed by atoms with Crippen LogP contribution in [0, 0.1) is 5.82 Å². The molecule has 0 spiro atoms. The second-order valence-electron chi connectivity index (χ2n) is 5.14. The molecule has 0 aliphatic carbocycles. The SMILES string of the molecule is O=C(COC(=O)COc1cccc(F)c1)NCCc1cccc(Cl)c1. The molecule has 0 unspecified atom stereocenters. The van der Waals surface area contributed by atoms with Gasteiger partial charge in [0.15, 0.2) is 13.2 Å². The number of halogens is 2. The van der Waals surface area contributed by atoms with Crippen molar-refractivity contribution in [2.75, 3.05) is 19.8 Å². The second-order valence-corrected chi connectivity index (χ2v) is 5.57. The number of rotatable bonds is 8. The first-order valence-corrected chi connectivity index (χ1v) is 7.96. The van der Waals surface area contributed by atoms with Gasteiger partial charge >= 0.3 is 5.97 Å². The molecule has 5 nitrogen and oxygen atoms in total. The van der Waals surface area contributed by atoms with Crippen molar-refractivity contribution in [2.45, 2.75) is 6.42 Å². The molecule has 0 aliphatic heterocycles. The summed E-state index contributed by atoms with van der Waals surface area (Å²) in [5.74, 6) is -1.39. The van der Waals surface area contributed by atoms with Gasteiger partial charge in [-0.2, -0.15) is 0 Å². The first kappa shape index (κ1) is 18.7. The van der Waals surface area contributed by atoms with E-state index in [9.17, 15) is 14.0 Å². The number of amides is 1. The molecule has 25 heavy (non-hydrogen) atoms. The molecule has 0 aromatic heterocycles. The van der Waals surface area contributed by atoms with Crippen LogP contribution in [0.25, 0.3) is 0 Å². The van der Waals surface area contributed by atoms with E-state index >= 15 is 0 Å². The fourth-order valence-electron chi connectivity index (χ4n) is 1.98. The van der Waals surface area contributed by atoms with Gasteiger partial charge in [0.05, 0.1) is 0 Å². The summed E-state index contributed by atoms with van der Waals surface area (Å²) in [5.41, 5.74) is 0.994. The number of carbonyl (C=O) groups is 2. The smallest absolute Gasteiger partial charge is 0.344 e. The topological polar surface area (TPSA) is 64.6 Å². The lowest BCUT2D eigenvalue weighted by atomic mass is 10.1. The van der Waals surface area contributed by atoms with Crippen molar-refractivity contribution < 1.29 is 23.5 Å². The van der Waals surface area contributed by atoms with Crippen LogP contribution in [0.3, 0.4) is 0 Å². The number of ether oxygens (including phenoxy) is 2. The number of benzene rings is 2. The van der Waals surface area contributed by atoms with Crippen LogP contribution < -0.4 is 10.1 Å². The number of hydrogen-bond acceptors (Lipinski definition) is 4. The third kappa shape index (κ3) is 7.22. The van der Waals surface area contributed by atoms with Gasteiger partial charge in [0.25, 0.3) is 5.91 Å². The standard InChI is InChI=1S/C18H17ClFNO4/c19-14-4-1-3-13(9-14)7-8-21-17(22)11-25-18(23)12-24-16-6-2-5-15(20)10-16/h1-6,9-10H,7-8,11-12H2,(H,21,22). The molecular weight excluding hydrogens is 349 g/mol. The van der Waals surface area contributed by atoms with Crippen LogP contribution in [0.2, 0.25) is 5.02 Å². The summed E-state index contributed by atoms with van der Waals surface area (Å²) >= 11 is 5.88. The lowest BCUT2D eigenvalue weighted by Crippen LogP contribution is -2.31. The Morgan fingerprint density at radius 1 is 1.08 bits per heavy atom. The van der Waals surface area contributed by atoms with E-state index < -0.39 is 30.9 Å². The Hall–Kier alpha value is -2.60. The molecule has 0 atom stereocenters. The molecule has 2 aromatic rings. The van der Waals surface area contributed by atoms with Crippen LogP contribution in [-0.4, -0.2) is 31.6 Å². The van der Waals surface area contributed by atoms with Crippen LogP contribution in [-0.2, 0) is 20.7 Å². The molecule has 0 radical (unpaired) electrons. The Labute approximate surface area is 149 Å².